The van der Waals surface area contributed by atoms with Gasteiger partial charge in [0.25, 0.3) is 0 Å². The van der Waals surface area contributed by atoms with Crippen LogP contribution in [0.1, 0.15) is 118 Å². The molecule has 13 atom stereocenters. The number of hydrogen-bond donors (Lipinski definition) is 2. The van der Waals surface area contributed by atoms with Crippen molar-refractivity contribution in [2.24, 2.45) is 51.8 Å². The summed E-state index contributed by atoms with van der Waals surface area (Å²) >= 11 is -0.576. The minimum Gasteiger partial charge on any atom is -0.616 e. The average Bonchev–Trinajstić information content (AvgIpc) is 3.68. The lowest BCUT2D eigenvalue weighted by atomic mass is 9.38. The molecule has 8 heteroatoms. The molecule has 2 heterocycles. The van der Waals surface area contributed by atoms with Crippen LogP contribution in [0.2, 0.25) is 0 Å². The Bertz CT molecular complexity index is 1160. The predicted octanol–water partition coefficient (Wildman–Crippen LogP) is 6.02. The summed E-state index contributed by atoms with van der Waals surface area (Å²) < 4.78 is 18.2. The van der Waals surface area contributed by atoms with Crippen molar-refractivity contribution in [2.45, 2.75) is 141 Å². The van der Waals surface area contributed by atoms with Crippen molar-refractivity contribution in [1.82, 2.24) is 10.2 Å². The van der Waals surface area contributed by atoms with Crippen LogP contribution in [0.3, 0.4) is 0 Å². The zero-order valence-corrected chi connectivity index (χ0v) is 29.5. The number of likely N-dealkylation sites (tertiary alicyclic amines) is 1. The molecule has 0 aromatic heterocycles. The Morgan fingerprint density at radius 3 is 2.44 bits per heavy atom. The largest absolute Gasteiger partial charge is 0.616 e. The Morgan fingerprint density at radius 1 is 1.00 bits per heavy atom. The number of carboxylic acid groups (broad SMARTS) is 1. The van der Waals surface area contributed by atoms with Crippen LogP contribution in [0.25, 0.3) is 0 Å². The number of rotatable bonds is 8. The molecule has 7 rings (SSSR count). The Kier molecular flexibility index (Phi) is 8.47. The minimum atomic E-state index is -1.10. The highest BCUT2D eigenvalue weighted by Gasteiger charge is 2.65. The fraction of sp³-hybridized carbons (Fsp3) is 0.946. The molecule has 0 aromatic rings. The lowest BCUT2D eigenvalue weighted by Gasteiger charge is -2.68. The van der Waals surface area contributed by atoms with Crippen molar-refractivity contribution in [3.8, 4) is 0 Å². The van der Waals surface area contributed by atoms with Gasteiger partial charge in [-0.1, -0.05) is 27.2 Å². The molecule has 0 aromatic carbocycles. The number of aliphatic carboxylic acids is 1. The third kappa shape index (κ3) is 5.33. The number of carbonyl (C=O) groups is 2. The Balaban J connectivity index is 0.996. The molecule has 7 fully saturated rings. The minimum absolute atomic E-state index is 0.0733. The SMILES string of the molecule is CC1C(OC(=O)CC(C)(C)C(=O)O)CCC2(C)C1CCC1(C)C3CC[C@@]4(NCCN5CC6CC5C[S+]6[O-])CCC[C@@H]4C3CCC21. The van der Waals surface area contributed by atoms with Gasteiger partial charge in [0.2, 0.25) is 0 Å². The summed E-state index contributed by atoms with van der Waals surface area (Å²) in [7, 11) is 0. The van der Waals surface area contributed by atoms with Gasteiger partial charge in [-0.3, -0.25) is 14.5 Å². The molecule has 0 spiro atoms. The quantitative estimate of drug-likeness (QED) is 0.246. The van der Waals surface area contributed by atoms with E-state index >= 15 is 0 Å². The second-order valence-electron chi connectivity index (χ2n) is 18.0. The standard InChI is InChI=1S/C37H60N2O5S/c1-23-27-10-14-36(5)28-11-16-37(38-17-18-39-21-25-19-24(39)22-45(25)43)13-6-7-29(37)26(28)8-9-31(36)35(27,4)15-12-30(23)44-32(40)20-34(2,3)33(41)42/h23-31,38H,6-22H2,1-5H3,(H,41,42)/t23?,24?,25?,26?,27?,28?,29-,30?,31?,35?,36?,37+,45?/m1/s1. The second kappa shape index (κ2) is 11.7. The fourth-order valence-electron chi connectivity index (χ4n) is 13.3. The van der Waals surface area contributed by atoms with E-state index in [2.05, 4.69) is 31.0 Å². The van der Waals surface area contributed by atoms with Gasteiger partial charge in [-0.2, -0.15) is 0 Å². The molecule has 2 N–H and O–H groups in total. The van der Waals surface area contributed by atoms with Gasteiger partial charge in [-0.15, -0.1) is 0 Å². The maximum Gasteiger partial charge on any atom is 0.309 e. The van der Waals surface area contributed by atoms with Crippen molar-refractivity contribution in [3.63, 3.8) is 0 Å². The highest BCUT2D eigenvalue weighted by molar-refractivity contribution is 7.92. The first kappa shape index (κ1) is 32.7. The summed E-state index contributed by atoms with van der Waals surface area (Å²) in [4.78, 5) is 27.1. The topological polar surface area (TPSA) is 102 Å². The molecule has 7 nitrogen and oxygen atoms in total. The van der Waals surface area contributed by atoms with E-state index < -0.39 is 22.6 Å². The molecule has 0 amide bonds. The van der Waals surface area contributed by atoms with Gasteiger partial charge in [0.1, 0.15) is 17.1 Å². The lowest BCUT2D eigenvalue weighted by Crippen LogP contribution is -2.64. The molecule has 254 valence electrons. The van der Waals surface area contributed by atoms with Crippen molar-refractivity contribution < 1.29 is 24.0 Å². The van der Waals surface area contributed by atoms with E-state index in [4.69, 9.17) is 4.74 Å². The van der Waals surface area contributed by atoms with Gasteiger partial charge in [0.15, 0.2) is 0 Å². The molecule has 2 aliphatic heterocycles. The van der Waals surface area contributed by atoms with E-state index in [1.807, 2.05) is 0 Å². The lowest BCUT2D eigenvalue weighted by molar-refractivity contribution is -0.199. The Hall–Kier alpha value is -0.830. The smallest absolute Gasteiger partial charge is 0.309 e. The molecule has 5 saturated carbocycles. The highest BCUT2D eigenvalue weighted by Crippen LogP contribution is 2.70. The molecule has 45 heavy (non-hydrogen) atoms. The van der Waals surface area contributed by atoms with Gasteiger partial charge >= 0.3 is 11.9 Å². The van der Waals surface area contributed by atoms with Crippen LogP contribution in [0.5, 0.6) is 0 Å². The summed E-state index contributed by atoms with van der Waals surface area (Å²) in [5.74, 6) is 3.66. The van der Waals surface area contributed by atoms with Gasteiger partial charge in [0.05, 0.1) is 17.9 Å². The van der Waals surface area contributed by atoms with E-state index in [1.54, 1.807) is 13.8 Å². The molecule has 2 bridgehead atoms. The average molecular weight is 645 g/mol. The molecule has 2 saturated heterocycles. The number of carbonyl (C=O) groups excluding carboxylic acids is 1. The van der Waals surface area contributed by atoms with Gasteiger partial charge in [-0.05, 0) is 136 Å². The van der Waals surface area contributed by atoms with Crippen LogP contribution < -0.4 is 5.32 Å². The number of hydrogen-bond acceptors (Lipinski definition) is 6. The van der Waals surface area contributed by atoms with Crippen molar-refractivity contribution in [3.05, 3.63) is 0 Å². The van der Waals surface area contributed by atoms with Crippen LogP contribution >= 0.6 is 0 Å². The second-order valence-corrected chi connectivity index (χ2v) is 19.8. The molecular weight excluding hydrogens is 584 g/mol. The van der Waals surface area contributed by atoms with E-state index in [0.717, 1.165) is 68.3 Å². The van der Waals surface area contributed by atoms with Crippen molar-refractivity contribution >= 4 is 23.1 Å². The number of nitrogens with one attached hydrogen (secondary N) is 1. The summed E-state index contributed by atoms with van der Waals surface area (Å²) in [6.45, 7) is 14.0. The molecule has 11 unspecified atom stereocenters. The highest BCUT2D eigenvalue weighted by atomic mass is 32.2. The first-order valence-electron chi connectivity index (χ1n) is 18.6. The molecule has 7 aliphatic rings. The maximum atomic E-state index is 12.8. The fourth-order valence-corrected chi connectivity index (χ4v) is 15.1. The van der Waals surface area contributed by atoms with Crippen LogP contribution in [0.4, 0.5) is 0 Å². The van der Waals surface area contributed by atoms with Crippen LogP contribution in [-0.2, 0) is 25.5 Å². The van der Waals surface area contributed by atoms with E-state index in [-0.39, 0.29) is 23.9 Å². The predicted molar refractivity (Wildman–Crippen MR) is 177 cm³/mol. The number of carboxylic acids is 1. The summed E-state index contributed by atoms with van der Waals surface area (Å²) in [5.41, 5.74) is -0.0971. The van der Waals surface area contributed by atoms with Crippen LogP contribution in [0.15, 0.2) is 0 Å². The summed E-state index contributed by atoms with van der Waals surface area (Å²) in [5, 5.41) is 14.2. The van der Waals surface area contributed by atoms with Gasteiger partial charge in [-0.25, -0.2) is 0 Å². The van der Waals surface area contributed by atoms with E-state index in [0.29, 0.717) is 34.1 Å². The monoisotopic (exact) mass is 644 g/mol. The zero-order valence-electron chi connectivity index (χ0n) is 28.7. The molecule has 0 radical (unpaired) electrons. The van der Waals surface area contributed by atoms with E-state index in [1.165, 1.54) is 57.8 Å². The number of ether oxygens (including phenoxy) is 1. The Morgan fingerprint density at radius 2 is 1.73 bits per heavy atom. The third-order valence-electron chi connectivity index (χ3n) is 15.6. The number of esters is 1. The van der Waals surface area contributed by atoms with Crippen molar-refractivity contribution in [1.29, 1.82) is 0 Å². The first-order valence-corrected chi connectivity index (χ1v) is 19.9. The van der Waals surface area contributed by atoms with Crippen LogP contribution in [-0.4, -0.2) is 74.8 Å². The van der Waals surface area contributed by atoms with Crippen LogP contribution in [0, 0.1) is 51.8 Å². The zero-order chi connectivity index (χ0) is 31.9. The third-order valence-corrected chi connectivity index (χ3v) is 17.4. The van der Waals surface area contributed by atoms with Gasteiger partial charge in [0, 0.05) is 31.6 Å². The summed E-state index contributed by atoms with van der Waals surface area (Å²) in [6, 6.07) is 0.561. The van der Waals surface area contributed by atoms with Crippen molar-refractivity contribution in [2.75, 3.05) is 25.4 Å². The molecule has 5 aliphatic carbocycles. The first-order chi connectivity index (χ1) is 21.3. The maximum absolute atomic E-state index is 12.8. The number of nitrogens with zero attached hydrogens (tertiary/aromatic N) is 1. The number of fused-ring (bicyclic) bond motifs is 9. The summed E-state index contributed by atoms with van der Waals surface area (Å²) in [6.07, 6.45) is 15.0. The Labute approximate surface area is 274 Å². The van der Waals surface area contributed by atoms with Gasteiger partial charge < -0.3 is 19.7 Å². The molecular formula is C37H60N2O5S. The normalized spacial score (nSPS) is 49.1. The van der Waals surface area contributed by atoms with E-state index in [9.17, 15) is 19.2 Å².